The van der Waals surface area contributed by atoms with Gasteiger partial charge in [0.05, 0.1) is 24.4 Å². The van der Waals surface area contributed by atoms with Gasteiger partial charge >= 0.3 is 59.1 Å². The summed E-state index contributed by atoms with van der Waals surface area (Å²) in [5.74, 6) is -4.69. The van der Waals surface area contributed by atoms with E-state index in [1.54, 1.807) is 0 Å². The molecule has 2 heterocycles. The number of nitrogens with zero attached hydrogens (tertiary/aromatic N) is 1. The number of aliphatic carboxylic acids is 2. The second-order valence-corrected chi connectivity index (χ2v) is 6.60. The van der Waals surface area contributed by atoms with Gasteiger partial charge in [-0.15, -0.1) is 0 Å². The molecule has 0 aromatic rings. The Labute approximate surface area is 153 Å². The van der Waals surface area contributed by atoms with E-state index >= 15 is 0 Å². The van der Waals surface area contributed by atoms with Crippen LogP contribution < -0.4 is 69.3 Å². The van der Waals surface area contributed by atoms with Gasteiger partial charge in [0.1, 0.15) is 10.1 Å². The molecule has 2 aliphatic heterocycles. The second kappa shape index (κ2) is 5.63. The van der Waals surface area contributed by atoms with Crippen molar-refractivity contribution < 1.29 is 92.1 Å². The van der Waals surface area contributed by atoms with Crippen molar-refractivity contribution in [3.63, 3.8) is 0 Å². The Kier molecular flexibility index (Phi) is 5.73. The molecule has 0 radical (unpaired) electrons. The summed E-state index contributed by atoms with van der Waals surface area (Å²) in [7, 11) is -4.33. The fourth-order valence-corrected chi connectivity index (χ4v) is 4.46. The first kappa shape index (κ1) is 19.4. The smallest absolute Gasteiger partial charge is 0.548 e. The molecule has 1 unspecified atom stereocenters. The molecule has 0 N–H and O–H groups in total. The molecule has 2 fully saturated rings. The minimum Gasteiger partial charge on any atom is -0.548 e. The van der Waals surface area contributed by atoms with Crippen molar-refractivity contribution in [1.29, 1.82) is 0 Å². The Morgan fingerprint density at radius 1 is 1.32 bits per heavy atom. The molecule has 2 rings (SSSR count). The van der Waals surface area contributed by atoms with E-state index in [9.17, 15) is 33.0 Å². The molecular formula is C8H7NNa2O7S. The molecule has 19 heavy (non-hydrogen) atoms. The first-order chi connectivity index (χ1) is 7.65. The van der Waals surface area contributed by atoms with Gasteiger partial charge < -0.3 is 24.7 Å². The Morgan fingerprint density at radius 2 is 1.79 bits per heavy atom. The molecular weight excluding hydrogens is 300 g/mol. The van der Waals surface area contributed by atoms with E-state index in [0.717, 1.165) is 6.92 Å². The molecule has 0 spiro atoms. The quantitative estimate of drug-likeness (QED) is 0.365. The molecule has 2 aliphatic rings. The number of amides is 1. The van der Waals surface area contributed by atoms with E-state index in [2.05, 4.69) is 0 Å². The zero-order chi connectivity index (χ0) is 13.2. The van der Waals surface area contributed by atoms with Crippen molar-refractivity contribution in [1.82, 2.24) is 4.90 Å². The van der Waals surface area contributed by atoms with Crippen molar-refractivity contribution in [2.24, 2.45) is 0 Å². The maximum absolute atomic E-state index is 11.9. The van der Waals surface area contributed by atoms with Gasteiger partial charge in [-0.3, -0.25) is 4.79 Å². The zero-order valence-corrected chi connectivity index (χ0v) is 15.4. The van der Waals surface area contributed by atoms with Crippen LogP contribution in [0.4, 0.5) is 0 Å². The van der Waals surface area contributed by atoms with Crippen LogP contribution in [0.2, 0.25) is 0 Å². The second-order valence-electron chi connectivity index (χ2n) is 4.12. The van der Waals surface area contributed by atoms with Crippen molar-refractivity contribution >= 4 is 27.7 Å². The molecule has 0 aromatic heterocycles. The fourth-order valence-electron chi connectivity index (χ4n) is 2.24. The van der Waals surface area contributed by atoms with Crippen LogP contribution >= 0.6 is 0 Å². The number of carbonyl (C=O) groups is 3. The van der Waals surface area contributed by atoms with Crippen LogP contribution in [-0.4, -0.2) is 47.3 Å². The zero-order valence-electron chi connectivity index (χ0n) is 10.6. The van der Waals surface area contributed by atoms with Crippen LogP contribution in [0.3, 0.4) is 0 Å². The summed E-state index contributed by atoms with van der Waals surface area (Å²) in [5.41, 5.74) is 0. The van der Waals surface area contributed by atoms with Gasteiger partial charge in [0, 0.05) is 0 Å². The van der Waals surface area contributed by atoms with Crippen LogP contribution in [0, 0.1) is 0 Å². The maximum atomic E-state index is 11.9. The van der Waals surface area contributed by atoms with Gasteiger partial charge in [-0.1, -0.05) is 0 Å². The van der Waals surface area contributed by atoms with Crippen LogP contribution in [0.5, 0.6) is 0 Å². The molecule has 0 aromatic carbocycles. The minimum atomic E-state index is -4.33. The number of carboxylic acid groups (broad SMARTS) is 2. The molecule has 11 heteroatoms. The van der Waals surface area contributed by atoms with Crippen molar-refractivity contribution in [2.75, 3.05) is 0 Å². The monoisotopic (exact) mass is 307 g/mol. The first-order valence-corrected chi connectivity index (χ1v) is 6.17. The minimum absolute atomic E-state index is 0. The Bertz CT molecular complexity index is 547. The molecule has 1 amide bonds. The molecule has 3 atom stereocenters. The molecule has 2 saturated heterocycles. The predicted octanol–water partition coefficient (Wildman–Crippen LogP) is -10.4. The summed E-state index contributed by atoms with van der Waals surface area (Å²) in [6, 6.07) is -2.04. The third kappa shape index (κ3) is 2.19. The van der Waals surface area contributed by atoms with E-state index in [4.69, 9.17) is 0 Å². The number of carboxylic acids is 2. The van der Waals surface area contributed by atoms with Gasteiger partial charge in [0.25, 0.3) is 0 Å². The van der Waals surface area contributed by atoms with Gasteiger partial charge in [-0.25, -0.2) is 8.42 Å². The molecule has 0 saturated carbocycles. The molecule has 8 nitrogen and oxygen atoms in total. The number of fused-ring (bicyclic) bond motifs is 1. The third-order valence-corrected chi connectivity index (χ3v) is 6.01. The maximum Gasteiger partial charge on any atom is 1.00 e. The number of hydrogen-bond acceptors (Lipinski definition) is 7. The van der Waals surface area contributed by atoms with E-state index < -0.39 is 50.3 Å². The number of rotatable bonds is 2. The summed E-state index contributed by atoms with van der Waals surface area (Å²) in [6.07, 6.45) is -0.408. The summed E-state index contributed by atoms with van der Waals surface area (Å²) in [5, 5.41) is 20.4. The average Bonchev–Trinajstić information content (AvgIpc) is 2.33. The topological polar surface area (TPSA) is 135 Å². The number of sulfone groups is 1. The van der Waals surface area contributed by atoms with E-state index in [1.165, 1.54) is 0 Å². The Hall–Kier alpha value is 0.360. The Balaban J connectivity index is 0.00000162. The standard InChI is InChI=1S/C8H9NO7S.2Na/c1-8(7(13)14)5(6(11)12)9-3(10)2-4(9)17(8,15)16;;/h4-5H,2H2,1H3,(H,11,12)(H,13,14);;/q;2*+1/p-2/t4?,5-,8+;;/m0../s1. The van der Waals surface area contributed by atoms with E-state index in [0.29, 0.717) is 4.90 Å². The van der Waals surface area contributed by atoms with Crippen molar-refractivity contribution in [3.05, 3.63) is 0 Å². The number of β-lactam (4-membered cyclic amide) rings is 1. The van der Waals surface area contributed by atoms with Crippen LogP contribution in [-0.2, 0) is 24.2 Å². The van der Waals surface area contributed by atoms with Gasteiger partial charge in [-0.2, -0.15) is 0 Å². The summed E-state index contributed by atoms with van der Waals surface area (Å²) in [6.45, 7) is 0.726. The molecule has 0 aliphatic carbocycles. The van der Waals surface area contributed by atoms with Crippen LogP contribution in [0.15, 0.2) is 0 Å². The normalized spacial score (nSPS) is 34.4. The van der Waals surface area contributed by atoms with E-state index in [-0.39, 0.29) is 59.1 Å². The summed E-state index contributed by atoms with van der Waals surface area (Å²) < 4.78 is 21.1. The Morgan fingerprint density at radius 3 is 2.11 bits per heavy atom. The number of carbonyl (C=O) groups excluding carboxylic acids is 3. The van der Waals surface area contributed by atoms with E-state index in [1.807, 2.05) is 0 Å². The third-order valence-electron chi connectivity index (χ3n) is 3.33. The first-order valence-electron chi connectivity index (χ1n) is 4.62. The predicted molar refractivity (Wildman–Crippen MR) is 46.4 cm³/mol. The SMILES string of the molecule is C[C@]1(C(=O)[O-])[C@H](C(=O)[O-])N2C(=O)CC2S1(=O)=O.[Na+].[Na+]. The summed E-state index contributed by atoms with van der Waals surface area (Å²) >= 11 is 0. The number of hydrogen-bond donors (Lipinski definition) is 0. The van der Waals surface area contributed by atoms with Gasteiger partial charge in [0.2, 0.25) is 5.91 Å². The van der Waals surface area contributed by atoms with Crippen LogP contribution in [0.1, 0.15) is 13.3 Å². The molecule has 94 valence electrons. The average molecular weight is 307 g/mol. The largest absolute Gasteiger partial charge is 1.00 e. The summed E-state index contributed by atoms with van der Waals surface area (Å²) in [4.78, 5) is 33.6. The van der Waals surface area contributed by atoms with Crippen LogP contribution in [0.25, 0.3) is 0 Å². The fraction of sp³-hybridized carbons (Fsp3) is 0.625. The molecule has 0 bridgehead atoms. The van der Waals surface area contributed by atoms with Gasteiger partial charge in [-0.05, 0) is 6.92 Å². The van der Waals surface area contributed by atoms with Crippen molar-refractivity contribution in [2.45, 2.75) is 29.5 Å². The van der Waals surface area contributed by atoms with Crippen molar-refractivity contribution in [3.8, 4) is 0 Å². The van der Waals surface area contributed by atoms with Gasteiger partial charge in [0.15, 0.2) is 9.84 Å².